The molecule has 0 aromatic heterocycles. The number of sulfonamides is 1. The van der Waals surface area contributed by atoms with E-state index in [-0.39, 0.29) is 23.5 Å². The van der Waals surface area contributed by atoms with Crippen LogP contribution in [0.2, 0.25) is 0 Å². The molecule has 1 amide bonds. The number of hydrogen-bond acceptors (Lipinski definition) is 6. The summed E-state index contributed by atoms with van der Waals surface area (Å²) in [7, 11) is -0.992. The largest absolute Gasteiger partial charge is 0.493 e. The average molecular weight is 420 g/mol. The van der Waals surface area contributed by atoms with E-state index in [0.29, 0.717) is 31.2 Å². The molecule has 1 fully saturated rings. The lowest BCUT2D eigenvalue weighted by molar-refractivity contribution is -0.137. The Labute approximate surface area is 170 Å². The van der Waals surface area contributed by atoms with Gasteiger partial charge in [-0.3, -0.25) is 4.79 Å². The standard InChI is InChI=1S/C20H24N2O6S/c1-26-17-9-8-16(12-18(17)27-2)29(24,25)21-13-20(23)22-10-11-28-19(14-22)15-6-4-3-5-7-15/h3-9,12,19,21H,10-11,13-14H2,1-2H3/t19-/m1/s1. The molecule has 1 N–H and O–H groups in total. The Morgan fingerprint density at radius 3 is 2.55 bits per heavy atom. The molecular formula is C20H24N2O6S. The lowest BCUT2D eigenvalue weighted by Gasteiger charge is -2.33. The summed E-state index contributed by atoms with van der Waals surface area (Å²) in [5, 5.41) is 0. The number of amides is 1. The number of hydrogen-bond donors (Lipinski definition) is 1. The number of ether oxygens (including phenoxy) is 3. The van der Waals surface area contributed by atoms with Gasteiger partial charge >= 0.3 is 0 Å². The van der Waals surface area contributed by atoms with Crippen LogP contribution < -0.4 is 14.2 Å². The van der Waals surface area contributed by atoms with Gasteiger partial charge in [-0.2, -0.15) is 0 Å². The molecule has 3 rings (SSSR count). The molecule has 0 bridgehead atoms. The van der Waals surface area contributed by atoms with Crippen LogP contribution in [-0.4, -0.2) is 59.7 Å². The number of morpholine rings is 1. The summed E-state index contributed by atoms with van der Waals surface area (Å²) in [5.74, 6) is 0.404. The molecule has 1 aliphatic rings. The van der Waals surface area contributed by atoms with Crippen molar-refractivity contribution >= 4 is 15.9 Å². The molecule has 8 nitrogen and oxygen atoms in total. The molecular weight excluding hydrogens is 396 g/mol. The van der Waals surface area contributed by atoms with E-state index in [1.54, 1.807) is 4.90 Å². The van der Waals surface area contributed by atoms with Crippen molar-refractivity contribution in [2.45, 2.75) is 11.0 Å². The molecule has 2 aromatic rings. The van der Waals surface area contributed by atoms with E-state index < -0.39 is 10.0 Å². The Bertz CT molecular complexity index is 949. The molecule has 1 aliphatic heterocycles. The monoisotopic (exact) mass is 420 g/mol. The number of nitrogens with zero attached hydrogens (tertiary/aromatic N) is 1. The lowest BCUT2D eigenvalue weighted by Crippen LogP contribution is -2.46. The summed E-state index contributed by atoms with van der Waals surface area (Å²) >= 11 is 0. The van der Waals surface area contributed by atoms with Crippen molar-refractivity contribution in [2.24, 2.45) is 0 Å². The second kappa shape index (κ2) is 9.25. The van der Waals surface area contributed by atoms with Gasteiger partial charge in [0.15, 0.2) is 11.5 Å². The zero-order valence-electron chi connectivity index (χ0n) is 16.3. The van der Waals surface area contributed by atoms with E-state index >= 15 is 0 Å². The second-order valence-electron chi connectivity index (χ2n) is 6.45. The summed E-state index contributed by atoms with van der Waals surface area (Å²) in [6.45, 7) is 0.854. The predicted octanol–water partition coefficient (Wildman–Crippen LogP) is 1.58. The zero-order valence-corrected chi connectivity index (χ0v) is 17.1. The minimum atomic E-state index is -3.88. The number of carbonyl (C=O) groups excluding carboxylic acids is 1. The lowest BCUT2D eigenvalue weighted by atomic mass is 10.1. The van der Waals surface area contributed by atoms with E-state index in [4.69, 9.17) is 14.2 Å². The minimum absolute atomic E-state index is 0.00732. The number of nitrogens with one attached hydrogen (secondary N) is 1. The van der Waals surface area contributed by atoms with Crippen molar-refractivity contribution in [1.82, 2.24) is 9.62 Å². The first-order chi connectivity index (χ1) is 13.9. The SMILES string of the molecule is COc1ccc(S(=O)(=O)NCC(=O)N2CCO[C@@H](c3ccccc3)C2)cc1OC. The smallest absolute Gasteiger partial charge is 0.241 e. The van der Waals surface area contributed by atoms with E-state index in [9.17, 15) is 13.2 Å². The molecule has 0 aliphatic carbocycles. The molecule has 0 radical (unpaired) electrons. The fourth-order valence-electron chi connectivity index (χ4n) is 3.08. The highest BCUT2D eigenvalue weighted by molar-refractivity contribution is 7.89. The maximum Gasteiger partial charge on any atom is 0.241 e. The number of rotatable bonds is 7. The quantitative estimate of drug-likeness (QED) is 0.731. The highest BCUT2D eigenvalue weighted by Gasteiger charge is 2.26. The Morgan fingerprint density at radius 2 is 1.86 bits per heavy atom. The van der Waals surface area contributed by atoms with Crippen molar-refractivity contribution in [3.63, 3.8) is 0 Å². The van der Waals surface area contributed by atoms with Crippen molar-refractivity contribution in [3.8, 4) is 11.5 Å². The number of carbonyl (C=O) groups is 1. The third-order valence-electron chi connectivity index (χ3n) is 4.67. The fourth-order valence-corrected chi connectivity index (χ4v) is 4.07. The molecule has 156 valence electrons. The third kappa shape index (κ3) is 5.06. The molecule has 0 unspecified atom stereocenters. The Hall–Kier alpha value is -2.62. The molecule has 9 heteroatoms. The average Bonchev–Trinajstić information content (AvgIpc) is 2.77. The Balaban J connectivity index is 1.63. The van der Waals surface area contributed by atoms with Gasteiger partial charge in [0.2, 0.25) is 15.9 Å². The molecule has 1 heterocycles. The van der Waals surface area contributed by atoms with Crippen LogP contribution in [-0.2, 0) is 19.6 Å². The first-order valence-corrected chi connectivity index (χ1v) is 10.6. The van der Waals surface area contributed by atoms with E-state index in [2.05, 4.69) is 4.72 Å². The van der Waals surface area contributed by atoms with Crippen molar-refractivity contribution in [2.75, 3.05) is 40.5 Å². The van der Waals surface area contributed by atoms with Crippen LogP contribution >= 0.6 is 0 Å². The zero-order chi connectivity index (χ0) is 20.9. The van der Waals surface area contributed by atoms with Gasteiger partial charge in [-0.25, -0.2) is 13.1 Å². The summed E-state index contributed by atoms with van der Waals surface area (Å²) in [4.78, 5) is 14.2. The molecule has 2 aromatic carbocycles. The second-order valence-corrected chi connectivity index (χ2v) is 8.22. The van der Waals surface area contributed by atoms with Crippen LogP contribution in [0.5, 0.6) is 11.5 Å². The van der Waals surface area contributed by atoms with Gasteiger partial charge in [0, 0.05) is 12.6 Å². The summed E-state index contributed by atoms with van der Waals surface area (Å²) in [6, 6.07) is 13.9. The van der Waals surface area contributed by atoms with Gasteiger partial charge in [0.1, 0.15) is 6.10 Å². The van der Waals surface area contributed by atoms with Gasteiger partial charge in [-0.15, -0.1) is 0 Å². The van der Waals surface area contributed by atoms with Gasteiger partial charge in [-0.1, -0.05) is 30.3 Å². The van der Waals surface area contributed by atoms with Crippen LogP contribution in [0.1, 0.15) is 11.7 Å². The first-order valence-electron chi connectivity index (χ1n) is 9.10. The van der Waals surface area contributed by atoms with Crippen LogP contribution in [0.15, 0.2) is 53.4 Å². The summed E-state index contributed by atoms with van der Waals surface area (Å²) in [6.07, 6.45) is -0.226. The fraction of sp³-hybridized carbons (Fsp3) is 0.350. The van der Waals surface area contributed by atoms with Crippen LogP contribution in [0.3, 0.4) is 0 Å². The number of benzene rings is 2. The molecule has 0 spiro atoms. The Morgan fingerprint density at radius 1 is 1.14 bits per heavy atom. The van der Waals surface area contributed by atoms with Gasteiger partial charge in [0.25, 0.3) is 0 Å². The van der Waals surface area contributed by atoms with Crippen molar-refractivity contribution in [1.29, 1.82) is 0 Å². The summed E-state index contributed by atoms with van der Waals surface area (Å²) in [5.41, 5.74) is 0.982. The maximum absolute atomic E-state index is 12.6. The molecule has 1 saturated heterocycles. The van der Waals surface area contributed by atoms with E-state index in [1.165, 1.54) is 32.4 Å². The Kier molecular flexibility index (Phi) is 6.73. The normalized spacial score (nSPS) is 17.0. The maximum atomic E-state index is 12.6. The molecule has 0 saturated carbocycles. The van der Waals surface area contributed by atoms with Crippen LogP contribution in [0.4, 0.5) is 0 Å². The topological polar surface area (TPSA) is 94.2 Å². The first kappa shape index (κ1) is 21.1. The van der Waals surface area contributed by atoms with Crippen molar-refractivity contribution in [3.05, 3.63) is 54.1 Å². The minimum Gasteiger partial charge on any atom is -0.493 e. The molecule has 29 heavy (non-hydrogen) atoms. The third-order valence-corrected chi connectivity index (χ3v) is 6.07. The van der Waals surface area contributed by atoms with Crippen LogP contribution in [0, 0.1) is 0 Å². The van der Waals surface area contributed by atoms with Gasteiger partial charge in [0.05, 0.1) is 38.8 Å². The van der Waals surface area contributed by atoms with Crippen LogP contribution in [0.25, 0.3) is 0 Å². The van der Waals surface area contributed by atoms with Gasteiger partial charge < -0.3 is 19.1 Å². The summed E-state index contributed by atoms with van der Waals surface area (Å²) < 4.78 is 43.5. The van der Waals surface area contributed by atoms with Gasteiger partial charge in [-0.05, 0) is 17.7 Å². The number of methoxy groups -OCH3 is 2. The van der Waals surface area contributed by atoms with E-state index in [1.807, 2.05) is 30.3 Å². The van der Waals surface area contributed by atoms with E-state index in [0.717, 1.165) is 5.56 Å². The highest BCUT2D eigenvalue weighted by atomic mass is 32.2. The van der Waals surface area contributed by atoms with Crippen molar-refractivity contribution < 1.29 is 27.4 Å². The molecule has 1 atom stereocenters. The predicted molar refractivity (Wildman–Crippen MR) is 106 cm³/mol. The highest BCUT2D eigenvalue weighted by Crippen LogP contribution is 2.29.